The molecule has 1 atom stereocenters. The van der Waals surface area contributed by atoms with Gasteiger partial charge in [-0.05, 0) is 12.5 Å². The van der Waals surface area contributed by atoms with Crippen LogP contribution >= 0.6 is 0 Å². The van der Waals surface area contributed by atoms with Crippen LogP contribution < -0.4 is 0 Å². The summed E-state index contributed by atoms with van der Waals surface area (Å²) in [5.41, 5.74) is 1.20. The van der Waals surface area contributed by atoms with Crippen LogP contribution in [0.4, 0.5) is 0 Å². The highest BCUT2D eigenvalue weighted by Crippen LogP contribution is 2.25. The van der Waals surface area contributed by atoms with Crippen molar-refractivity contribution in [3.63, 3.8) is 0 Å². The SMILES string of the molecule is CCCC1=CC(C)C(O)(O)C=C1. The molecule has 0 spiro atoms. The molecule has 1 aliphatic rings. The topological polar surface area (TPSA) is 40.5 Å². The minimum absolute atomic E-state index is 0.205. The van der Waals surface area contributed by atoms with Crippen molar-refractivity contribution >= 4 is 0 Å². The molecule has 2 heteroatoms. The maximum atomic E-state index is 9.35. The average molecular weight is 168 g/mol. The van der Waals surface area contributed by atoms with Crippen molar-refractivity contribution in [1.82, 2.24) is 0 Å². The minimum atomic E-state index is -1.64. The predicted octanol–water partition coefficient (Wildman–Crippen LogP) is 1.60. The highest BCUT2D eigenvalue weighted by atomic mass is 16.5. The molecule has 0 saturated carbocycles. The van der Waals surface area contributed by atoms with Crippen LogP contribution in [0.2, 0.25) is 0 Å². The monoisotopic (exact) mass is 168 g/mol. The van der Waals surface area contributed by atoms with Crippen molar-refractivity contribution < 1.29 is 10.2 Å². The van der Waals surface area contributed by atoms with Gasteiger partial charge in [-0.2, -0.15) is 0 Å². The fourth-order valence-electron chi connectivity index (χ4n) is 1.34. The van der Waals surface area contributed by atoms with Gasteiger partial charge < -0.3 is 10.2 Å². The Morgan fingerprint density at radius 1 is 1.50 bits per heavy atom. The molecule has 0 aromatic carbocycles. The Balaban J connectivity index is 2.69. The summed E-state index contributed by atoms with van der Waals surface area (Å²) < 4.78 is 0. The predicted molar refractivity (Wildman–Crippen MR) is 48.5 cm³/mol. The van der Waals surface area contributed by atoms with E-state index in [-0.39, 0.29) is 5.92 Å². The third kappa shape index (κ3) is 1.96. The van der Waals surface area contributed by atoms with E-state index in [1.807, 2.05) is 6.08 Å². The molecule has 1 unspecified atom stereocenters. The minimum Gasteiger partial charge on any atom is -0.362 e. The summed E-state index contributed by atoms with van der Waals surface area (Å²) in [4.78, 5) is 0. The molecule has 0 bridgehead atoms. The van der Waals surface area contributed by atoms with Crippen molar-refractivity contribution in [1.29, 1.82) is 0 Å². The van der Waals surface area contributed by atoms with E-state index in [0.717, 1.165) is 12.8 Å². The maximum Gasteiger partial charge on any atom is 0.189 e. The largest absolute Gasteiger partial charge is 0.362 e. The van der Waals surface area contributed by atoms with Gasteiger partial charge in [-0.3, -0.25) is 0 Å². The van der Waals surface area contributed by atoms with E-state index in [1.165, 1.54) is 11.6 Å². The molecule has 0 heterocycles. The molecule has 0 saturated heterocycles. The second kappa shape index (κ2) is 3.42. The first kappa shape index (κ1) is 9.49. The number of hydrogen-bond donors (Lipinski definition) is 2. The van der Waals surface area contributed by atoms with E-state index in [2.05, 4.69) is 6.92 Å². The Kier molecular flexibility index (Phi) is 2.70. The molecule has 0 aromatic rings. The van der Waals surface area contributed by atoms with Gasteiger partial charge in [0.15, 0.2) is 5.79 Å². The first-order chi connectivity index (χ1) is 5.56. The number of allylic oxidation sites excluding steroid dienone is 2. The Labute approximate surface area is 73.2 Å². The number of hydrogen-bond acceptors (Lipinski definition) is 2. The zero-order valence-electron chi connectivity index (χ0n) is 7.62. The molecule has 0 radical (unpaired) electrons. The van der Waals surface area contributed by atoms with E-state index < -0.39 is 5.79 Å². The van der Waals surface area contributed by atoms with Crippen molar-refractivity contribution in [2.45, 2.75) is 32.5 Å². The summed E-state index contributed by atoms with van der Waals surface area (Å²) in [5, 5.41) is 18.7. The van der Waals surface area contributed by atoms with Crippen LogP contribution in [-0.2, 0) is 0 Å². The van der Waals surface area contributed by atoms with Gasteiger partial charge in [-0.15, -0.1) is 0 Å². The fourth-order valence-corrected chi connectivity index (χ4v) is 1.34. The van der Waals surface area contributed by atoms with Gasteiger partial charge in [0.05, 0.1) is 0 Å². The van der Waals surface area contributed by atoms with Crippen molar-refractivity contribution in [2.24, 2.45) is 5.92 Å². The summed E-state index contributed by atoms with van der Waals surface area (Å²) in [6.45, 7) is 3.91. The van der Waals surface area contributed by atoms with Crippen LogP contribution in [-0.4, -0.2) is 16.0 Å². The molecule has 68 valence electrons. The zero-order valence-corrected chi connectivity index (χ0v) is 7.62. The Morgan fingerprint density at radius 2 is 2.17 bits per heavy atom. The van der Waals surface area contributed by atoms with Crippen molar-refractivity contribution in [2.75, 3.05) is 0 Å². The van der Waals surface area contributed by atoms with Gasteiger partial charge in [0.1, 0.15) is 0 Å². The van der Waals surface area contributed by atoms with Gasteiger partial charge in [0.25, 0.3) is 0 Å². The number of rotatable bonds is 2. The van der Waals surface area contributed by atoms with Gasteiger partial charge in [-0.1, -0.05) is 38.0 Å². The first-order valence-electron chi connectivity index (χ1n) is 4.41. The van der Waals surface area contributed by atoms with E-state index in [1.54, 1.807) is 13.0 Å². The fraction of sp³-hybridized carbons (Fsp3) is 0.600. The quantitative estimate of drug-likeness (QED) is 0.615. The standard InChI is InChI=1S/C10H16O2/c1-3-4-9-5-6-10(11,12)8(2)7-9/h5-8,11-12H,3-4H2,1-2H3. The van der Waals surface area contributed by atoms with Gasteiger partial charge in [0.2, 0.25) is 0 Å². The average Bonchev–Trinajstić information content (AvgIpc) is 1.98. The third-order valence-electron chi connectivity index (χ3n) is 2.22. The molecule has 1 rings (SSSR count). The molecular weight excluding hydrogens is 152 g/mol. The summed E-state index contributed by atoms with van der Waals surface area (Å²) in [6.07, 6.45) is 7.28. The van der Waals surface area contributed by atoms with Gasteiger partial charge >= 0.3 is 0 Å². The second-order valence-electron chi connectivity index (χ2n) is 3.40. The molecule has 0 fully saturated rings. The summed E-state index contributed by atoms with van der Waals surface area (Å²) in [5.74, 6) is -1.85. The van der Waals surface area contributed by atoms with Crippen LogP contribution in [0.1, 0.15) is 26.7 Å². The molecule has 12 heavy (non-hydrogen) atoms. The lowest BCUT2D eigenvalue weighted by Crippen LogP contribution is -2.34. The van der Waals surface area contributed by atoms with Crippen LogP contribution in [0, 0.1) is 5.92 Å². The van der Waals surface area contributed by atoms with Crippen LogP contribution in [0.5, 0.6) is 0 Å². The third-order valence-corrected chi connectivity index (χ3v) is 2.22. The highest BCUT2D eigenvalue weighted by Gasteiger charge is 2.28. The molecule has 1 aliphatic carbocycles. The normalized spacial score (nSPS) is 27.0. The number of aliphatic hydroxyl groups is 2. The lowest BCUT2D eigenvalue weighted by molar-refractivity contribution is -0.144. The highest BCUT2D eigenvalue weighted by molar-refractivity contribution is 5.27. The molecule has 2 N–H and O–H groups in total. The smallest absolute Gasteiger partial charge is 0.189 e. The molecule has 0 aliphatic heterocycles. The maximum absolute atomic E-state index is 9.35. The summed E-state index contributed by atoms with van der Waals surface area (Å²) in [7, 11) is 0. The Hall–Kier alpha value is -0.600. The van der Waals surface area contributed by atoms with E-state index in [4.69, 9.17) is 0 Å². The lowest BCUT2D eigenvalue weighted by atomic mass is 9.90. The second-order valence-corrected chi connectivity index (χ2v) is 3.40. The van der Waals surface area contributed by atoms with Crippen molar-refractivity contribution in [3.05, 3.63) is 23.8 Å². The molecule has 0 amide bonds. The van der Waals surface area contributed by atoms with E-state index in [0.29, 0.717) is 0 Å². The molecular formula is C10H16O2. The van der Waals surface area contributed by atoms with Crippen LogP contribution in [0.25, 0.3) is 0 Å². The lowest BCUT2D eigenvalue weighted by Gasteiger charge is -2.26. The van der Waals surface area contributed by atoms with Gasteiger partial charge in [-0.25, -0.2) is 0 Å². The molecule has 2 nitrogen and oxygen atoms in total. The Bertz CT molecular complexity index is 214. The van der Waals surface area contributed by atoms with Crippen LogP contribution in [0.3, 0.4) is 0 Å². The van der Waals surface area contributed by atoms with E-state index in [9.17, 15) is 10.2 Å². The summed E-state index contributed by atoms with van der Waals surface area (Å²) >= 11 is 0. The summed E-state index contributed by atoms with van der Waals surface area (Å²) in [6, 6.07) is 0. The van der Waals surface area contributed by atoms with E-state index >= 15 is 0 Å². The Morgan fingerprint density at radius 3 is 2.67 bits per heavy atom. The van der Waals surface area contributed by atoms with Gasteiger partial charge in [0, 0.05) is 5.92 Å². The zero-order chi connectivity index (χ0) is 9.19. The molecule has 0 aromatic heterocycles. The van der Waals surface area contributed by atoms with Crippen LogP contribution in [0.15, 0.2) is 23.8 Å². The van der Waals surface area contributed by atoms with Crippen molar-refractivity contribution in [3.8, 4) is 0 Å². The first-order valence-corrected chi connectivity index (χ1v) is 4.41.